The molecule has 0 radical (unpaired) electrons. The van der Waals surface area contributed by atoms with Crippen molar-refractivity contribution in [1.82, 2.24) is 30.1 Å². The predicted octanol–water partition coefficient (Wildman–Crippen LogP) is 6.35. The first-order valence-corrected chi connectivity index (χ1v) is 12.4. The zero-order valence-corrected chi connectivity index (χ0v) is 22.2. The summed E-state index contributed by atoms with van der Waals surface area (Å²) in [6.07, 6.45) is 12.6. The van der Waals surface area contributed by atoms with E-state index in [2.05, 4.69) is 55.4 Å². The van der Waals surface area contributed by atoms with Gasteiger partial charge in [-0.15, -0.1) is 5.10 Å². The van der Waals surface area contributed by atoms with Gasteiger partial charge in [0.2, 0.25) is 11.8 Å². The molecule has 0 atom stereocenters. The fraction of sp³-hybridized carbons (Fsp3) is 0.259. The van der Waals surface area contributed by atoms with Gasteiger partial charge in [0.25, 0.3) is 0 Å². The van der Waals surface area contributed by atoms with Crippen molar-refractivity contribution in [2.45, 2.75) is 33.7 Å². The standard InChI is InChI=1S/C27H31ClN8O/c1-5-18(2)8-6-7-9-19(3)16-37-24-14-23(34-35-24)32-22-12-13-29-27(33-22)36(4)15-20-10-11-21-26(25(20)28)31-17-30-21/h6-14,17H,5,15-16H2,1-4H3,(H,30,31)(H2,29,32,33,34,35)/b7-6-,18-8+,19-9+. The van der Waals surface area contributed by atoms with Crippen LogP contribution in [0.3, 0.4) is 0 Å². The molecule has 4 aromatic rings. The Morgan fingerprint density at radius 2 is 1.95 bits per heavy atom. The minimum absolute atomic E-state index is 0.445. The van der Waals surface area contributed by atoms with Gasteiger partial charge < -0.3 is 19.9 Å². The van der Waals surface area contributed by atoms with Crippen LogP contribution >= 0.6 is 11.6 Å². The van der Waals surface area contributed by atoms with Gasteiger partial charge in [-0.3, -0.25) is 5.10 Å². The van der Waals surface area contributed by atoms with Crippen molar-refractivity contribution in [3.8, 4) is 5.88 Å². The second-order valence-corrected chi connectivity index (χ2v) is 9.11. The average molecular weight is 519 g/mol. The third-order valence-corrected chi connectivity index (χ3v) is 6.12. The monoisotopic (exact) mass is 518 g/mol. The van der Waals surface area contributed by atoms with Gasteiger partial charge >= 0.3 is 0 Å². The number of H-pyrrole nitrogens is 2. The highest BCUT2D eigenvalue weighted by Gasteiger charge is 2.13. The quantitative estimate of drug-likeness (QED) is 0.199. The summed E-state index contributed by atoms with van der Waals surface area (Å²) in [7, 11) is 1.92. The van der Waals surface area contributed by atoms with E-state index in [9.17, 15) is 0 Å². The van der Waals surface area contributed by atoms with E-state index in [4.69, 9.17) is 16.3 Å². The maximum Gasteiger partial charge on any atom is 0.235 e. The van der Waals surface area contributed by atoms with Crippen LogP contribution in [0.25, 0.3) is 11.0 Å². The summed E-state index contributed by atoms with van der Waals surface area (Å²) in [6.45, 7) is 7.26. The Morgan fingerprint density at radius 3 is 2.76 bits per heavy atom. The number of hydrogen-bond donors (Lipinski definition) is 3. The lowest BCUT2D eigenvalue weighted by molar-refractivity contribution is 0.337. The first-order valence-electron chi connectivity index (χ1n) is 12.0. The molecular formula is C27H31ClN8O. The van der Waals surface area contributed by atoms with Crippen LogP contribution < -0.4 is 15.0 Å². The molecule has 0 unspecified atom stereocenters. The number of nitrogens with zero attached hydrogens (tertiary/aromatic N) is 5. The summed E-state index contributed by atoms with van der Waals surface area (Å²) in [6, 6.07) is 7.52. The van der Waals surface area contributed by atoms with E-state index in [-0.39, 0.29) is 0 Å². The van der Waals surface area contributed by atoms with Crippen LogP contribution in [0.1, 0.15) is 32.8 Å². The molecule has 0 fully saturated rings. The summed E-state index contributed by atoms with van der Waals surface area (Å²) < 4.78 is 5.79. The number of rotatable bonds is 11. The second-order valence-electron chi connectivity index (χ2n) is 8.73. The van der Waals surface area contributed by atoms with Gasteiger partial charge in [0, 0.05) is 25.9 Å². The van der Waals surface area contributed by atoms with E-state index < -0.39 is 0 Å². The molecule has 0 bridgehead atoms. The van der Waals surface area contributed by atoms with Crippen LogP contribution in [0.5, 0.6) is 5.88 Å². The first-order chi connectivity index (χ1) is 17.9. The molecule has 0 spiro atoms. The van der Waals surface area contributed by atoms with Gasteiger partial charge in [0.05, 0.1) is 16.9 Å². The molecule has 0 amide bonds. The fourth-order valence-corrected chi connectivity index (χ4v) is 3.71. The lowest BCUT2D eigenvalue weighted by Gasteiger charge is -2.18. The van der Waals surface area contributed by atoms with Crippen molar-refractivity contribution in [1.29, 1.82) is 0 Å². The third kappa shape index (κ3) is 6.98. The maximum atomic E-state index is 6.55. The van der Waals surface area contributed by atoms with Crippen LogP contribution in [-0.4, -0.2) is 43.8 Å². The smallest absolute Gasteiger partial charge is 0.235 e. The molecule has 0 aliphatic heterocycles. The molecule has 9 nitrogen and oxygen atoms in total. The van der Waals surface area contributed by atoms with Crippen LogP contribution in [-0.2, 0) is 6.54 Å². The molecule has 10 heteroatoms. The number of fused-ring (bicyclic) bond motifs is 1. The van der Waals surface area contributed by atoms with E-state index in [1.807, 2.05) is 49.2 Å². The van der Waals surface area contributed by atoms with Crippen molar-refractivity contribution < 1.29 is 4.74 Å². The molecule has 192 valence electrons. The lowest BCUT2D eigenvalue weighted by Crippen LogP contribution is -2.19. The van der Waals surface area contributed by atoms with E-state index in [0.717, 1.165) is 28.6 Å². The van der Waals surface area contributed by atoms with Gasteiger partial charge in [0.1, 0.15) is 23.8 Å². The van der Waals surface area contributed by atoms with Gasteiger partial charge in [-0.25, -0.2) is 9.97 Å². The first kappa shape index (κ1) is 26.0. The highest BCUT2D eigenvalue weighted by atomic mass is 35.5. The number of ether oxygens (including phenoxy) is 1. The zero-order valence-electron chi connectivity index (χ0n) is 21.4. The van der Waals surface area contributed by atoms with Crippen LogP contribution in [0.2, 0.25) is 5.02 Å². The molecule has 4 rings (SSSR count). The summed E-state index contributed by atoms with van der Waals surface area (Å²) >= 11 is 6.55. The van der Waals surface area contributed by atoms with Crippen molar-refractivity contribution in [3.63, 3.8) is 0 Å². The van der Waals surface area contributed by atoms with Crippen LogP contribution in [0.15, 0.2) is 72.2 Å². The number of anilines is 3. The summed E-state index contributed by atoms with van der Waals surface area (Å²) in [5.41, 5.74) is 5.02. The Bertz CT molecular complexity index is 1440. The number of allylic oxidation sites excluding steroid dienone is 5. The van der Waals surface area contributed by atoms with Crippen LogP contribution in [0.4, 0.5) is 17.6 Å². The summed E-state index contributed by atoms with van der Waals surface area (Å²) in [4.78, 5) is 18.3. The molecule has 3 aromatic heterocycles. The summed E-state index contributed by atoms with van der Waals surface area (Å²) in [5, 5.41) is 11.0. The zero-order chi connectivity index (χ0) is 26.2. The predicted molar refractivity (Wildman–Crippen MR) is 150 cm³/mol. The van der Waals surface area contributed by atoms with Crippen molar-refractivity contribution >= 4 is 40.2 Å². The van der Waals surface area contributed by atoms with Gasteiger partial charge in [-0.05, 0) is 43.5 Å². The number of aromatic nitrogens is 6. The number of nitrogens with one attached hydrogen (secondary N) is 3. The number of imidazole rings is 1. The average Bonchev–Trinajstić information content (AvgIpc) is 3.57. The number of aromatic amines is 2. The van der Waals surface area contributed by atoms with E-state index in [1.165, 1.54) is 5.57 Å². The van der Waals surface area contributed by atoms with Gasteiger partial charge in [0.15, 0.2) is 0 Å². The molecule has 3 N–H and O–H groups in total. The maximum absolute atomic E-state index is 6.55. The molecule has 1 aromatic carbocycles. The second kappa shape index (κ2) is 12.2. The Kier molecular flexibility index (Phi) is 8.58. The van der Waals surface area contributed by atoms with Crippen LogP contribution in [0, 0.1) is 0 Å². The number of hydrogen-bond acceptors (Lipinski definition) is 7. The SMILES string of the molecule is CC/C(C)=C/C=C\C=C(/C)COc1cc(Nc2ccnc(N(C)Cc3ccc4[nH]cnc4c3Cl)n2)[nH]n1. The Hall–Kier alpha value is -4.11. The van der Waals surface area contributed by atoms with Gasteiger partial charge in [-0.2, -0.15) is 4.98 Å². The fourth-order valence-electron chi connectivity index (χ4n) is 3.44. The van der Waals surface area contributed by atoms with Crippen molar-refractivity contribution in [2.75, 3.05) is 23.9 Å². The molecular weight excluding hydrogens is 488 g/mol. The van der Waals surface area contributed by atoms with Gasteiger partial charge in [-0.1, -0.05) is 54.5 Å². The molecule has 0 saturated heterocycles. The van der Waals surface area contributed by atoms with Crippen molar-refractivity contribution in [2.24, 2.45) is 0 Å². The lowest BCUT2D eigenvalue weighted by atomic mass is 10.2. The Labute approximate surface area is 221 Å². The highest BCUT2D eigenvalue weighted by molar-refractivity contribution is 6.35. The Balaban J connectivity index is 1.34. The Morgan fingerprint density at radius 1 is 1.14 bits per heavy atom. The third-order valence-electron chi connectivity index (χ3n) is 5.70. The largest absolute Gasteiger partial charge is 0.472 e. The minimum Gasteiger partial charge on any atom is -0.472 e. The highest BCUT2D eigenvalue weighted by Crippen LogP contribution is 2.27. The normalized spacial score (nSPS) is 12.5. The van der Waals surface area contributed by atoms with E-state index >= 15 is 0 Å². The molecule has 0 saturated carbocycles. The van der Waals surface area contributed by atoms with E-state index in [0.29, 0.717) is 41.6 Å². The number of halogens is 1. The topological polar surface area (TPSA) is 108 Å². The van der Waals surface area contributed by atoms with Crippen molar-refractivity contribution in [3.05, 3.63) is 82.8 Å². The molecule has 0 aliphatic rings. The summed E-state index contributed by atoms with van der Waals surface area (Å²) in [5.74, 6) is 2.33. The number of benzene rings is 1. The minimum atomic E-state index is 0.445. The molecule has 37 heavy (non-hydrogen) atoms. The van der Waals surface area contributed by atoms with E-state index in [1.54, 1.807) is 24.7 Å². The molecule has 3 heterocycles. The molecule has 0 aliphatic carbocycles.